The van der Waals surface area contributed by atoms with Gasteiger partial charge in [0.15, 0.2) is 5.82 Å². The topological polar surface area (TPSA) is 48.5 Å². The second-order valence-electron chi connectivity index (χ2n) is 6.46. The van der Waals surface area contributed by atoms with Gasteiger partial charge in [-0.2, -0.15) is 0 Å². The largest absolute Gasteiger partial charge is 0.380 e. The molecule has 0 spiro atoms. The zero-order valence-corrected chi connectivity index (χ0v) is 15.3. The Hall–Kier alpha value is -2.27. The van der Waals surface area contributed by atoms with Crippen LogP contribution >= 0.6 is 11.6 Å². The molecule has 1 aromatic carbocycles. The Morgan fingerprint density at radius 2 is 1.80 bits per heavy atom. The van der Waals surface area contributed by atoms with Crippen LogP contribution in [0.1, 0.15) is 24.2 Å². The molecular weight excluding hydrogens is 336 g/mol. The highest BCUT2D eigenvalue weighted by atomic mass is 35.5. The minimum Gasteiger partial charge on any atom is -0.380 e. The Balaban J connectivity index is 1.66. The first-order chi connectivity index (χ1) is 12.0. The van der Waals surface area contributed by atoms with E-state index in [1.807, 2.05) is 23.2 Å². The SMILES string of the molecule is CC(C)Nc1cccnc1N1CCN(C(=O)c2ccc(Cl)cc2)CC1. The fourth-order valence-electron chi connectivity index (χ4n) is 2.97. The van der Waals surface area contributed by atoms with Crippen molar-refractivity contribution in [3.63, 3.8) is 0 Å². The van der Waals surface area contributed by atoms with Crippen molar-refractivity contribution in [3.8, 4) is 0 Å². The zero-order chi connectivity index (χ0) is 17.8. The van der Waals surface area contributed by atoms with Gasteiger partial charge in [0.2, 0.25) is 0 Å². The number of amides is 1. The molecule has 0 bridgehead atoms. The Morgan fingerprint density at radius 1 is 1.12 bits per heavy atom. The van der Waals surface area contributed by atoms with Gasteiger partial charge in [0.1, 0.15) is 0 Å². The summed E-state index contributed by atoms with van der Waals surface area (Å²) in [5.74, 6) is 1.01. The van der Waals surface area contributed by atoms with Gasteiger partial charge in [0.25, 0.3) is 5.91 Å². The Labute approximate surface area is 153 Å². The van der Waals surface area contributed by atoms with E-state index in [0.717, 1.165) is 24.6 Å². The summed E-state index contributed by atoms with van der Waals surface area (Å²) in [6, 6.07) is 11.4. The number of nitrogens with one attached hydrogen (secondary N) is 1. The van der Waals surface area contributed by atoms with Crippen molar-refractivity contribution in [2.45, 2.75) is 19.9 Å². The van der Waals surface area contributed by atoms with E-state index in [1.54, 1.807) is 24.3 Å². The molecule has 1 aromatic heterocycles. The number of nitrogens with zero attached hydrogens (tertiary/aromatic N) is 3. The van der Waals surface area contributed by atoms with Crippen LogP contribution in [-0.2, 0) is 0 Å². The second-order valence-corrected chi connectivity index (χ2v) is 6.90. The van der Waals surface area contributed by atoms with E-state index in [0.29, 0.717) is 29.7 Å². The fourth-order valence-corrected chi connectivity index (χ4v) is 3.10. The molecule has 1 saturated heterocycles. The third-order valence-corrected chi connectivity index (χ3v) is 4.44. The summed E-state index contributed by atoms with van der Waals surface area (Å²) >= 11 is 5.90. The van der Waals surface area contributed by atoms with Crippen LogP contribution in [0.15, 0.2) is 42.6 Å². The first-order valence-corrected chi connectivity index (χ1v) is 8.94. The molecule has 0 atom stereocenters. The lowest BCUT2D eigenvalue weighted by atomic mass is 10.2. The van der Waals surface area contributed by atoms with Crippen LogP contribution in [0.3, 0.4) is 0 Å². The van der Waals surface area contributed by atoms with Gasteiger partial charge in [0.05, 0.1) is 5.69 Å². The lowest BCUT2D eigenvalue weighted by Crippen LogP contribution is -2.49. The molecule has 3 rings (SSSR count). The van der Waals surface area contributed by atoms with Gasteiger partial charge in [0, 0.05) is 49.0 Å². The van der Waals surface area contributed by atoms with Gasteiger partial charge >= 0.3 is 0 Å². The number of hydrogen-bond donors (Lipinski definition) is 1. The van der Waals surface area contributed by atoms with Gasteiger partial charge in [-0.05, 0) is 50.2 Å². The monoisotopic (exact) mass is 358 g/mol. The molecule has 6 heteroatoms. The maximum Gasteiger partial charge on any atom is 0.253 e. The smallest absolute Gasteiger partial charge is 0.253 e. The van der Waals surface area contributed by atoms with Gasteiger partial charge in [-0.25, -0.2) is 4.98 Å². The van der Waals surface area contributed by atoms with Gasteiger partial charge in [-0.3, -0.25) is 4.79 Å². The molecule has 1 N–H and O–H groups in total. The molecule has 1 aliphatic heterocycles. The third kappa shape index (κ3) is 4.23. The van der Waals surface area contributed by atoms with Crippen molar-refractivity contribution in [1.82, 2.24) is 9.88 Å². The van der Waals surface area contributed by atoms with Gasteiger partial charge in [-0.1, -0.05) is 11.6 Å². The molecule has 2 heterocycles. The Bertz CT molecular complexity index is 724. The molecule has 5 nitrogen and oxygen atoms in total. The number of anilines is 2. The molecule has 132 valence electrons. The number of halogens is 1. The molecule has 1 aliphatic rings. The average molecular weight is 359 g/mol. The van der Waals surface area contributed by atoms with Crippen LogP contribution in [0.2, 0.25) is 5.02 Å². The van der Waals surface area contributed by atoms with Crippen molar-refractivity contribution in [1.29, 1.82) is 0 Å². The number of carbonyl (C=O) groups excluding carboxylic acids is 1. The molecule has 2 aromatic rings. The van der Waals surface area contributed by atoms with E-state index in [-0.39, 0.29) is 5.91 Å². The van der Waals surface area contributed by atoms with E-state index >= 15 is 0 Å². The van der Waals surface area contributed by atoms with Gasteiger partial charge < -0.3 is 15.1 Å². The third-order valence-electron chi connectivity index (χ3n) is 4.19. The van der Waals surface area contributed by atoms with Crippen molar-refractivity contribution < 1.29 is 4.79 Å². The minimum absolute atomic E-state index is 0.0536. The highest BCUT2D eigenvalue weighted by Crippen LogP contribution is 2.25. The average Bonchev–Trinajstić information content (AvgIpc) is 2.62. The zero-order valence-electron chi connectivity index (χ0n) is 14.6. The molecule has 0 aliphatic carbocycles. The number of hydrogen-bond acceptors (Lipinski definition) is 4. The predicted octanol–water partition coefficient (Wildman–Crippen LogP) is 3.52. The lowest BCUT2D eigenvalue weighted by molar-refractivity contribution is 0.0746. The predicted molar refractivity (Wildman–Crippen MR) is 103 cm³/mol. The number of benzene rings is 1. The first kappa shape index (κ1) is 17.5. The fraction of sp³-hybridized carbons (Fsp3) is 0.368. The molecule has 1 fully saturated rings. The van der Waals surface area contributed by atoms with Gasteiger partial charge in [-0.15, -0.1) is 0 Å². The molecule has 0 saturated carbocycles. The quantitative estimate of drug-likeness (QED) is 0.908. The van der Waals surface area contributed by atoms with Crippen molar-refractivity contribution in [2.75, 3.05) is 36.4 Å². The van der Waals surface area contributed by atoms with E-state index in [4.69, 9.17) is 11.6 Å². The summed E-state index contributed by atoms with van der Waals surface area (Å²) < 4.78 is 0. The first-order valence-electron chi connectivity index (χ1n) is 8.56. The van der Waals surface area contributed by atoms with E-state index in [1.165, 1.54) is 0 Å². The Morgan fingerprint density at radius 3 is 2.44 bits per heavy atom. The molecule has 25 heavy (non-hydrogen) atoms. The van der Waals surface area contributed by atoms with Crippen LogP contribution < -0.4 is 10.2 Å². The summed E-state index contributed by atoms with van der Waals surface area (Å²) in [7, 11) is 0. The summed E-state index contributed by atoms with van der Waals surface area (Å²) in [4.78, 5) is 21.3. The highest BCUT2D eigenvalue weighted by Gasteiger charge is 2.24. The highest BCUT2D eigenvalue weighted by molar-refractivity contribution is 6.30. The van der Waals surface area contributed by atoms with Crippen molar-refractivity contribution in [2.24, 2.45) is 0 Å². The van der Waals surface area contributed by atoms with Crippen LogP contribution in [0, 0.1) is 0 Å². The van der Waals surface area contributed by atoms with E-state index in [9.17, 15) is 4.79 Å². The number of rotatable bonds is 4. The summed E-state index contributed by atoms with van der Waals surface area (Å²) in [6.07, 6.45) is 1.81. The molecular formula is C19H23ClN4O. The number of aromatic nitrogens is 1. The minimum atomic E-state index is 0.0536. The number of pyridine rings is 1. The standard InChI is InChI=1S/C19H23ClN4O/c1-14(2)22-17-4-3-9-21-18(17)23-10-12-24(13-11-23)19(25)15-5-7-16(20)8-6-15/h3-9,14,22H,10-13H2,1-2H3. The van der Waals surface area contributed by atoms with Crippen LogP contribution in [0.25, 0.3) is 0 Å². The van der Waals surface area contributed by atoms with E-state index in [2.05, 4.69) is 29.0 Å². The summed E-state index contributed by atoms with van der Waals surface area (Å²) in [5, 5.41) is 4.08. The number of carbonyl (C=O) groups is 1. The maximum atomic E-state index is 12.6. The second kappa shape index (κ2) is 7.74. The summed E-state index contributed by atoms with van der Waals surface area (Å²) in [6.45, 7) is 7.11. The molecule has 1 amide bonds. The number of piperazine rings is 1. The van der Waals surface area contributed by atoms with E-state index < -0.39 is 0 Å². The summed E-state index contributed by atoms with van der Waals surface area (Å²) in [5.41, 5.74) is 1.72. The van der Waals surface area contributed by atoms with Crippen molar-refractivity contribution in [3.05, 3.63) is 53.2 Å². The molecule has 0 radical (unpaired) electrons. The van der Waals surface area contributed by atoms with Crippen molar-refractivity contribution >= 4 is 29.0 Å². The van der Waals surface area contributed by atoms with Crippen LogP contribution in [0.4, 0.5) is 11.5 Å². The van der Waals surface area contributed by atoms with Crippen LogP contribution in [0.5, 0.6) is 0 Å². The molecule has 0 unspecified atom stereocenters. The maximum absolute atomic E-state index is 12.6. The van der Waals surface area contributed by atoms with Crippen LogP contribution in [-0.4, -0.2) is 48.0 Å². The lowest BCUT2D eigenvalue weighted by Gasteiger charge is -2.36. The Kier molecular flexibility index (Phi) is 5.43. The normalized spacial score (nSPS) is 14.7.